The van der Waals surface area contributed by atoms with E-state index in [0.717, 1.165) is 38.5 Å². The van der Waals surface area contributed by atoms with Crippen molar-refractivity contribution in [2.45, 2.75) is 86.1 Å². The molecule has 0 aromatic rings. The van der Waals surface area contributed by atoms with Gasteiger partial charge in [-0.2, -0.15) is 26.3 Å². The van der Waals surface area contributed by atoms with E-state index >= 15 is 0 Å². The van der Waals surface area contributed by atoms with E-state index in [-0.39, 0.29) is 6.42 Å². The van der Waals surface area contributed by atoms with Crippen molar-refractivity contribution < 1.29 is 51.6 Å². The number of alkyl halides is 6. The lowest BCUT2D eigenvalue weighted by Gasteiger charge is -2.21. The Labute approximate surface area is 173 Å². The molecule has 0 heterocycles. The van der Waals surface area contributed by atoms with E-state index in [1.165, 1.54) is 0 Å². The van der Waals surface area contributed by atoms with Gasteiger partial charge in [0, 0.05) is 0 Å². The largest absolute Gasteiger partial charge is 0.499 e. The molecular weight excluding hydrogens is 486 g/mol. The van der Waals surface area contributed by atoms with Crippen molar-refractivity contribution >= 4 is 29.5 Å². The Balaban J connectivity index is 5.16. The van der Waals surface area contributed by atoms with E-state index < -0.39 is 56.6 Å². The van der Waals surface area contributed by atoms with Gasteiger partial charge in [-0.1, -0.05) is 64.7 Å². The molecule has 0 spiro atoms. The van der Waals surface area contributed by atoms with E-state index in [2.05, 4.69) is 6.92 Å². The van der Waals surface area contributed by atoms with Crippen LogP contribution in [-0.2, 0) is 29.5 Å². The maximum absolute atomic E-state index is 12.7. The number of sulfone groups is 3. The van der Waals surface area contributed by atoms with E-state index in [1.54, 1.807) is 0 Å². The average molecular weight is 513 g/mol. The quantitative estimate of drug-likeness (QED) is 0.251. The van der Waals surface area contributed by atoms with Crippen molar-refractivity contribution in [1.29, 1.82) is 0 Å². The van der Waals surface area contributed by atoms with Gasteiger partial charge in [-0.3, -0.25) is 0 Å². The SMILES string of the molecule is CCCCCCCCCCCCS(=O)(=O)C(S(=O)(=O)C(F)(F)F)S(=O)(=O)C(F)(F)F. The number of hydrogen-bond donors (Lipinski definition) is 0. The zero-order chi connectivity index (χ0) is 23.9. The highest BCUT2D eigenvalue weighted by molar-refractivity contribution is 8.24. The fourth-order valence-electron chi connectivity index (χ4n) is 2.66. The number of halogens is 6. The van der Waals surface area contributed by atoms with Gasteiger partial charge in [-0.05, 0) is 6.42 Å². The van der Waals surface area contributed by atoms with Crippen molar-refractivity contribution in [3.05, 3.63) is 0 Å². The molecule has 0 aliphatic heterocycles. The first-order chi connectivity index (χ1) is 13.4. The van der Waals surface area contributed by atoms with E-state index in [9.17, 15) is 51.6 Å². The van der Waals surface area contributed by atoms with Gasteiger partial charge >= 0.3 is 11.0 Å². The fourth-order valence-corrected chi connectivity index (χ4v) is 10.2. The highest BCUT2D eigenvalue weighted by atomic mass is 32.3. The van der Waals surface area contributed by atoms with Gasteiger partial charge in [0.05, 0.1) is 5.75 Å². The second-order valence-corrected chi connectivity index (χ2v) is 14.0. The van der Waals surface area contributed by atoms with Gasteiger partial charge in [0.15, 0.2) is 9.84 Å². The topological polar surface area (TPSA) is 102 Å². The maximum Gasteiger partial charge on any atom is 0.499 e. The third-order valence-electron chi connectivity index (χ3n) is 4.23. The molecule has 182 valence electrons. The van der Waals surface area contributed by atoms with Crippen LogP contribution in [0.4, 0.5) is 26.3 Å². The number of hydrogen-bond acceptors (Lipinski definition) is 6. The number of rotatable bonds is 14. The summed E-state index contributed by atoms with van der Waals surface area (Å²) in [7, 11) is -20.2. The summed E-state index contributed by atoms with van der Waals surface area (Å²) < 4.78 is 141. The first-order valence-corrected chi connectivity index (χ1v) is 14.1. The molecule has 0 bridgehead atoms. The van der Waals surface area contributed by atoms with Crippen LogP contribution in [0.25, 0.3) is 0 Å². The molecule has 0 unspecified atom stereocenters. The zero-order valence-corrected chi connectivity index (χ0v) is 18.7. The normalized spacial score (nSPS) is 14.4. The monoisotopic (exact) mass is 512 g/mol. The molecule has 0 aliphatic carbocycles. The van der Waals surface area contributed by atoms with Crippen molar-refractivity contribution in [1.82, 2.24) is 0 Å². The van der Waals surface area contributed by atoms with Crippen LogP contribution in [0.15, 0.2) is 0 Å². The highest BCUT2D eigenvalue weighted by Gasteiger charge is 2.67. The minimum Gasteiger partial charge on any atom is -0.226 e. The lowest BCUT2D eigenvalue weighted by atomic mass is 10.1. The van der Waals surface area contributed by atoms with Crippen LogP contribution in [0.2, 0.25) is 0 Å². The third-order valence-corrected chi connectivity index (χ3v) is 12.8. The van der Waals surface area contributed by atoms with Gasteiger partial charge < -0.3 is 0 Å². The minimum atomic E-state index is -7.20. The summed E-state index contributed by atoms with van der Waals surface area (Å²) in [5.41, 5.74) is -13.0. The van der Waals surface area contributed by atoms with Crippen LogP contribution >= 0.6 is 0 Å². The van der Waals surface area contributed by atoms with Gasteiger partial charge in [0.25, 0.3) is 23.6 Å². The summed E-state index contributed by atoms with van der Waals surface area (Å²) in [4.78, 5) is 0. The third kappa shape index (κ3) is 8.17. The molecule has 15 heteroatoms. The van der Waals surface area contributed by atoms with Gasteiger partial charge in [0.1, 0.15) is 0 Å². The molecule has 0 amide bonds. The summed E-state index contributed by atoms with van der Waals surface area (Å²) in [6.07, 6.45) is 6.67. The Bertz CT molecular complexity index is 785. The lowest BCUT2D eigenvalue weighted by Crippen LogP contribution is -2.49. The zero-order valence-electron chi connectivity index (χ0n) is 16.3. The smallest absolute Gasteiger partial charge is 0.226 e. The molecule has 0 saturated heterocycles. The molecule has 0 radical (unpaired) electrons. The Kier molecular flexibility index (Phi) is 11.1. The van der Waals surface area contributed by atoms with Gasteiger partial charge in [-0.25, -0.2) is 25.3 Å². The van der Waals surface area contributed by atoms with Crippen molar-refractivity contribution in [2.75, 3.05) is 5.75 Å². The van der Waals surface area contributed by atoms with Crippen LogP contribution in [0.3, 0.4) is 0 Å². The Morgan fingerprint density at radius 3 is 1.17 bits per heavy atom. The van der Waals surface area contributed by atoms with Crippen LogP contribution in [0.5, 0.6) is 0 Å². The van der Waals surface area contributed by atoms with Crippen LogP contribution in [-0.4, -0.2) is 45.9 Å². The van der Waals surface area contributed by atoms with Crippen molar-refractivity contribution in [3.63, 3.8) is 0 Å². The summed E-state index contributed by atoms with van der Waals surface area (Å²) in [6, 6.07) is 0. The first kappa shape index (κ1) is 29.4. The predicted octanol–water partition coefficient (Wildman–Crippen LogP) is 4.47. The molecule has 0 saturated carbocycles. The van der Waals surface area contributed by atoms with Crippen molar-refractivity contribution in [2.24, 2.45) is 0 Å². The maximum atomic E-state index is 12.7. The summed E-state index contributed by atoms with van der Waals surface area (Å²) in [5.74, 6) is -1.43. The molecule has 0 atom stereocenters. The van der Waals surface area contributed by atoms with Crippen LogP contribution < -0.4 is 0 Å². The Morgan fingerprint density at radius 1 is 0.567 bits per heavy atom. The summed E-state index contributed by atoms with van der Waals surface area (Å²) in [5, 5.41) is 0. The highest BCUT2D eigenvalue weighted by Crippen LogP contribution is 2.39. The molecule has 30 heavy (non-hydrogen) atoms. The van der Waals surface area contributed by atoms with Crippen LogP contribution in [0.1, 0.15) is 71.1 Å². The standard InChI is InChI=1S/C15H26F6O6S3/c1-2-3-4-5-6-7-8-9-10-11-12-28(22,23)13(29(24,25)14(16,17)18)30(26,27)15(19,20)21/h13H,2-12H2,1H3. The van der Waals surface area contributed by atoms with E-state index in [0.29, 0.717) is 12.8 Å². The minimum absolute atomic E-state index is 0.0824. The summed E-state index contributed by atoms with van der Waals surface area (Å²) >= 11 is 0. The Morgan fingerprint density at radius 2 is 0.867 bits per heavy atom. The van der Waals surface area contributed by atoms with Crippen molar-refractivity contribution in [3.8, 4) is 0 Å². The van der Waals surface area contributed by atoms with Crippen LogP contribution in [0, 0.1) is 0 Å². The lowest BCUT2D eigenvalue weighted by molar-refractivity contribution is -0.0462. The second kappa shape index (κ2) is 11.3. The Hall–Kier alpha value is -0.570. The molecule has 0 fully saturated rings. The molecule has 0 aliphatic rings. The summed E-state index contributed by atoms with van der Waals surface area (Å²) in [6.45, 7) is 2.05. The van der Waals surface area contributed by atoms with Gasteiger partial charge in [-0.15, -0.1) is 0 Å². The fraction of sp³-hybridized carbons (Fsp3) is 1.00. The van der Waals surface area contributed by atoms with E-state index in [4.69, 9.17) is 0 Å². The molecule has 0 rings (SSSR count). The van der Waals surface area contributed by atoms with E-state index in [1.807, 2.05) is 0 Å². The predicted molar refractivity (Wildman–Crippen MR) is 99.4 cm³/mol. The average Bonchev–Trinajstić information content (AvgIpc) is 2.53. The first-order valence-electron chi connectivity index (χ1n) is 9.25. The molecule has 0 aromatic carbocycles. The molecule has 0 N–H and O–H groups in total. The molecule has 6 nitrogen and oxygen atoms in total. The number of unbranched alkanes of at least 4 members (excludes halogenated alkanes) is 9. The molecular formula is C15H26F6O6S3. The molecule has 0 aromatic heterocycles. The second-order valence-electron chi connectivity index (χ2n) is 6.82. The van der Waals surface area contributed by atoms with Gasteiger partial charge in [0.2, 0.25) is 0 Å².